The fourth-order valence-electron chi connectivity index (χ4n) is 3.49. The maximum absolute atomic E-state index is 12.3. The molecule has 20 heavy (non-hydrogen) atoms. The minimum atomic E-state index is -3.63. The molecule has 2 heterocycles. The number of hydrogen-bond donors (Lipinski definition) is 1. The number of benzene rings is 1. The van der Waals surface area contributed by atoms with Gasteiger partial charge in [0, 0.05) is 18.8 Å². The van der Waals surface area contributed by atoms with Crippen molar-refractivity contribution in [1.29, 1.82) is 0 Å². The van der Waals surface area contributed by atoms with E-state index < -0.39 is 10.1 Å². The first kappa shape index (κ1) is 14.0. The summed E-state index contributed by atoms with van der Waals surface area (Å²) < 4.78 is 30.2. The summed E-state index contributed by atoms with van der Waals surface area (Å²) >= 11 is 0. The van der Waals surface area contributed by atoms with Crippen molar-refractivity contribution in [3.8, 4) is 0 Å². The van der Waals surface area contributed by atoms with E-state index in [1.54, 1.807) is 24.3 Å². The smallest absolute Gasteiger partial charge is 0.297 e. The van der Waals surface area contributed by atoms with E-state index in [9.17, 15) is 8.42 Å². The van der Waals surface area contributed by atoms with Crippen LogP contribution in [0.3, 0.4) is 0 Å². The number of rotatable bonds is 3. The number of piperidine rings is 2. The molecule has 0 spiro atoms. The Morgan fingerprint density at radius 1 is 1.20 bits per heavy atom. The van der Waals surface area contributed by atoms with E-state index in [-0.39, 0.29) is 11.0 Å². The zero-order chi connectivity index (χ0) is 14.3. The molecule has 0 aromatic heterocycles. The third-order valence-corrected chi connectivity index (χ3v) is 6.12. The van der Waals surface area contributed by atoms with E-state index in [0.717, 1.165) is 24.9 Å². The normalized spacial score (nSPS) is 33.3. The van der Waals surface area contributed by atoms with Gasteiger partial charge in [-0.3, -0.25) is 4.18 Å². The summed E-state index contributed by atoms with van der Waals surface area (Å²) in [6.45, 7) is 2.97. The van der Waals surface area contributed by atoms with Crippen LogP contribution in [-0.2, 0) is 14.3 Å². The Morgan fingerprint density at radius 3 is 2.45 bits per heavy atom. The molecule has 4 rings (SSSR count). The number of fused-ring (bicyclic) bond motifs is 3. The van der Waals surface area contributed by atoms with Crippen LogP contribution in [0.2, 0.25) is 0 Å². The van der Waals surface area contributed by atoms with Gasteiger partial charge in [-0.25, -0.2) is 0 Å². The Hall–Kier alpha value is -0.910. The quantitative estimate of drug-likeness (QED) is 0.838. The van der Waals surface area contributed by atoms with Crippen LogP contribution in [0.5, 0.6) is 0 Å². The summed E-state index contributed by atoms with van der Waals surface area (Å²) in [7, 11) is -1.43. The highest BCUT2D eigenvalue weighted by Gasteiger charge is 2.44. The zero-order valence-electron chi connectivity index (χ0n) is 12.0. The van der Waals surface area contributed by atoms with Crippen LogP contribution in [-0.4, -0.2) is 34.2 Å². The van der Waals surface area contributed by atoms with Gasteiger partial charge in [-0.15, -0.1) is 0 Å². The minimum absolute atomic E-state index is 0.135. The molecule has 1 aromatic carbocycles. The zero-order valence-corrected chi connectivity index (χ0v) is 12.8. The number of quaternary nitrogens is 1. The molecule has 110 valence electrons. The lowest BCUT2D eigenvalue weighted by Gasteiger charge is -2.44. The largest absolute Gasteiger partial charge is 0.335 e. The van der Waals surface area contributed by atoms with E-state index in [4.69, 9.17) is 4.18 Å². The SMILES string of the molecule is Cc1ccc(S(=O)(=O)O[C@H]2C[C@H]3CC[C@H]2C[NH+]3C)cc1. The van der Waals surface area contributed by atoms with Gasteiger partial charge in [-0.1, -0.05) is 17.7 Å². The average Bonchev–Trinajstić information content (AvgIpc) is 2.40. The maximum atomic E-state index is 12.3. The third kappa shape index (κ3) is 2.62. The first-order valence-corrected chi connectivity index (χ1v) is 8.69. The molecule has 4 nitrogen and oxygen atoms in total. The van der Waals surface area contributed by atoms with E-state index in [0.29, 0.717) is 12.0 Å². The topological polar surface area (TPSA) is 47.8 Å². The molecular formula is C15H22NO3S+. The lowest BCUT2D eigenvalue weighted by Crippen LogP contribution is -3.16. The van der Waals surface area contributed by atoms with Gasteiger partial charge in [0.1, 0.15) is 0 Å². The lowest BCUT2D eigenvalue weighted by atomic mass is 9.78. The number of nitrogens with one attached hydrogen (secondary N) is 1. The van der Waals surface area contributed by atoms with Gasteiger partial charge >= 0.3 is 0 Å². The van der Waals surface area contributed by atoms with Gasteiger partial charge in [0.2, 0.25) is 0 Å². The van der Waals surface area contributed by atoms with Crippen molar-refractivity contribution in [2.24, 2.45) is 5.92 Å². The highest BCUT2D eigenvalue weighted by molar-refractivity contribution is 7.86. The molecule has 3 fully saturated rings. The van der Waals surface area contributed by atoms with E-state index in [1.165, 1.54) is 11.3 Å². The second-order valence-corrected chi connectivity index (χ2v) is 7.79. The summed E-state index contributed by atoms with van der Waals surface area (Å²) in [4.78, 5) is 1.79. The van der Waals surface area contributed by atoms with Crippen molar-refractivity contribution in [3.05, 3.63) is 29.8 Å². The predicted octanol–water partition coefficient (Wildman–Crippen LogP) is 0.766. The van der Waals surface area contributed by atoms with Gasteiger partial charge in [0.25, 0.3) is 10.1 Å². The summed E-state index contributed by atoms with van der Waals surface area (Å²) in [5.74, 6) is 0.375. The van der Waals surface area contributed by atoms with Gasteiger partial charge < -0.3 is 4.90 Å². The van der Waals surface area contributed by atoms with Crippen LogP contribution in [0.1, 0.15) is 24.8 Å². The van der Waals surface area contributed by atoms with Crippen molar-refractivity contribution in [2.45, 2.75) is 43.2 Å². The van der Waals surface area contributed by atoms with Gasteiger partial charge in [-0.05, 0) is 25.5 Å². The van der Waals surface area contributed by atoms with Gasteiger partial charge in [0.05, 0.1) is 30.6 Å². The van der Waals surface area contributed by atoms with Crippen LogP contribution in [0.4, 0.5) is 0 Å². The molecule has 2 saturated heterocycles. The van der Waals surface area contributed by atoms with Gasteiger partial charge in [0.15, 0.2) is 0 Å². The van der Waals surface area contributed by atoms with Crippen molar-refractivity contribution < 1.29 is 17.5 Å². The van der Waals surface area contributed by atoms with Crippen LogP contribution in [0.15, 0.2) is 29.2 Å². The molecule has 0 amide bonds. The molecule has 2 aliphatic heterocycles. The summed E-state index contributed by atoms with van der Waals surface area (Å²) in [6, 6.07) is 7.42. The fraction of sp³-hybridized carbons (Fsp3) is 0.600. The third-order valence-electron chi connectivity index (χ3n) is 4.77. The number of aryl methyl sites for hydroxylation is 1. The first-order chi connectivity index (χ1) is 9.45. The number of hydrogen-bond acceptors (Lipinski definition) is 3. The van der Waals surface area contributed by atoms with Crippen molar-refractivity contribution >= 4 is 10.1 Å². The fourth-order valence-corrected chi connectivity index (χ4v) is 4.64. The van der Waals surface area contributed by atoms with Crippen molar-refractivity contribution in [1.82, 2.24) is 0 Å². The van der Waals surface area contributed by atoms with Crippen molar-refractivity contribution in [2.75, 3.05) is 13.6 Å². The molecule has 3 aliphatic rings. The van der Waals surface area contributed by atoms with E-state index in [2.05, 4.69) is 7.05 Å². The molecule has 1 aliphatic carbocycles. The molecule has 4 atom stereocenters. The standard InChI is InChI=1S/C15H21NO3S/c1-11-3-7-14(8-4-11)20(17,18)19-15-9-13-6-5-12(15)10-16(13)2/h3-4,7-8,12-13,15H,5-6,9-10H2,1-2H3/p+1/t12-,13+,15-/m0/s1. The molecule has 1 unspecified atom stereocenters. The summed E-state index contributed by atoms with van der Waals surface area (Å²) in [5, 5.41) is 0. The molecule has 2 bridgehead atoms. The maximum Gasteiger partial charge on any atom is 0.297 e. The highest BCUT2D eigenvalue weighted by Crippen LogP contribution is 2.31. The average molecular weight is 296 g/mol. The molecule has 1 aromatic rings. The van der Waals surface area contributed by atoms with Gasteiger partial charge in [-0.2, -0.15) is 8.42 Å². The van der Waals surface area contributed by atoms with Crippen LogP contribution < -0.4 is 4.90 Å². The molecule has 0 radical (unpaired) electrons. The van der Waals surface area contributed by atoms with Crippen molar-refractivity contribution in [3.63, 3.8) is 0 Å². The van der Waals surface area contributed by atoms with Crippen LogP contribution in [0, 0.1) is 12.8 Å². The molecule has 1 N–H and O–H groups in total. The summed E-state index contributed by atoms with van der Waals surface area (Å²) in [5.41, 5.74) is 1.05. The Kier molecular flexibility index (Phi) is 3.60. The van der Waals surface area contributed by atoms with E-state index in [1.807, 2.05) is 6.92 Å². The predicted molar refractivity (Wildman–Crippen MR) is 76.1 cm³/mol. The second kappa shape index (κ2) is 5.13. The van der Waals surface area contributed by atoms with Crippen LogP contribution >= 0.6 is 0 Å². The summed E-state index contributed by atoms with van der Waals surface area (Å²) in [6.07, 6.45) is 3.02. The first-order valence-electron chi connectivity index (χ1n) is 7.28. The highest BCUT2D eigenvalue weighted by atomic mass is 32.2. The monoisotopic (exact) mass is 296 g/mol. The Bertz CT molecular complexity index is 582. The minimum Gasteiger partial charge on any atom is -0.335 e. The molecule has 5 heteroatoms. The molecule has 1 saturated carbocycles. The Labute approximate surface area is 120 Å². The lowest BCUT2D eigenvalue weighted by molar-refractivity contribution is -0.923. The van der Waals surface area contributed by atoms with Crippen LogP contribution in [0.25, 0.3) is 0 Å². The van der Waals surface area contributed by atoms with E-state index >= 15 is 0 Å². The molecular weight excluding hydrogens is 274 g/mol. The Morgan fingerprint density at radius 2 is 1.90 bits per heavy atom. The Balaban J connectivity index is 1.76. The second-order valence-electron chi connectivity index (χ2n) is 6.22.